The quantitative estimate of drug-likeness (QED) is 0.893. The summed E-state index contributed by atoms with van der Waals surface area (Å²) in [5.74, 6) is 0. The maximum absolute atomic E-state index is 4.06. The van der Waals surface area contributed by atoms with Gasteiger partial charge < -0.3 is 5.32 Å². The van der Waals surface area contributed by atoms with Crippen LogP contribution in [0, 0.1) is 0 Å². The van der Waals surface area contributed by atoms with Crippen LogP contribution in [0.4, 0.5) is 11.4 Å². The minimum atomic E-state index is 0.937. The van der Waals surface area contributed by atoms with Gasteiger partial charge in [0.2, 0.25) is 0 Å². The van der Waals surface area contributed by atoms with Crippen LogP contribution in [0.15, 0.2) is 35.3 Å². The minimum Gasteiger partial charge on any atom is -0.352 e. The smallest absolute Gasteiger partial charge is 0.0770 e. The summed E-state index contributed by atoms with van der Waals surface area (Å²) in [6.45, 7) is 0. The van der Waals surface area contributed by atoms with E-state index in [-0.39, 0.29) is 0 Å². The second-order valence-electron chi connectivity index (χ2n) is 2.92. The van der Waals surface area contributed by atoms with Gasteiger partial charge in [-0.1, -0.05) is 0 Å². The lowest BCUT2D eigenvalue weighted by molar-refractivity contribution is 0.768. The Labute approximate surface area is 90.1 Å². The van der Waals surface area contributed by atoms with Crippen LogP contribution in [0.2, 0.25) is 0 Å². The summed E-state index contributed by atoms with van der Waals surface area (Å²) < 4.78 is 2.69. The molecule has 0 saturated heterocycles. The minimum absolute atomic E-state index is 0.937. The monoisotopic (exact) mass is 252 g/mol. The van der Waals surface area contributed by atoms with Gasteiger partial charge in [0.05, 0.1) is 23.8 Å². The van der Waals surface area contributed by atoms with Gasteiger partial charge >= 0.3 is 0 Å². The average Bonchev–Trinajstić information content (AvgIpc) is 2.51. The van der Waals surface area contributed by atoms with Gasteiger partial charge in [0.15, 0.2) is 0 Å². The second-order valence-corrected chi connectivity index (χ2v) is 3.84. The molecule has 1 N–H and O–H groups in total. The summed E-state index contributed by atoms with van der Waals surface area (Å²) in [4.78, 5) is 4.05. The molecule has 2 aromatic heterocycles. The molecule has 4 nitrogen and oxygen atoms in total. The third kappa shape index (κ3) is 2.11. The first-order valence-electron chi connectivity index (χ1n) is 4.10. The zero-order chi connectivity index (χ0) is 9.97. The van der Waals surface area contributed by atoms with Crippen LogP contribution in [0.5, 0.6) is 0 Å². The zero-order valence-corrected chi connectivity index (χ0v) is 9.19. The number of anilines is 2. The standard InChI is InChI=1S/C9H9BrN4/c1-14-6-9(5-12-14)13-8-2-7(10)3-11-4-8/h2-6,13H,1H3. The molecule has 2 heterocycles. The largest absolute Gasteiger partial charge is 0.352 e. The van der Waals surface area contributed by atoms with E-state index in [0.29, 0.717) is 0 Å². The number of halogens is 1. The van der Waals surface area contributed by atoms with E-state index in [1.807, 2.05) is 19.3 Å². The van der Waals surface area contributed by atoms with E-state index < -0.39 is 0 Å². The Kier molecular flexibility index (Phi) is 2.49. The number of pyridine rings is 1. The fourth-order valence-corrected chi connectivity index (χ4v) is 1.50. The van der Waals surface area contributed by atoms with Crippen molar-refractivity contribution in [1.29, 1.82) is 0 Å². The van der Waals surface area contributed by atoms with Crippen molar-refractivity contribution in [3.63, 3.8) is 0 Å². The topological polar surface area (TPSA) is 42.7 Å². The van der Waals surface area contributed by atoms with Gasteiger partial charge in [-0.25, -0.2) is 0 Å². The maximum atomic E-state index is 4.06. The number of hydrogen-bond acceptors (Lipinski definition) is 3. The molecule has 0 fully saturated rings. The third-order valence-electron chi connectivity index (χ3n) is 1.70. The Hall–Kier alpha value is -1.36. The lowest BCUT2D eigenvalue weighted by Gasteiger charge is -2.01. The SMILES string of the molecule is Cn1cc(Nc2cncc(Br)c2)cn1. The average molecular weight is 253 g/mol. The molecule has 72 valence electrons. The Morgan fingerprint density at radius 3 is 2.79 bits per heavy atom. The number of nitrogens with zero attached hydrogens (tertiary/aromatic N) is 3. The number of aromatic nitrogens is 3. The Bertz CT molecular complexity index is 438. The Morgan fingerprint density at radius 2 is 2.14 bits per heavy atom. The molecular weight excluding hydrogens is 244 g/mol. The first-order chi connectivity index (χ1) is 6.74. The highest BCUT2D eigenvalue weighted by Gasteiger charge is 1.97. The van der Waals surface area contributed by atoms with Crippen molar-refractivity contribution in [1.82, 2.24) is 14.8 Å². The lowest BCUT2D eigenvalue weighted by atomic mass is 10.4. The van der Waals surface area contributed by atoms with E-state index >= 15 is 0 Å². The molecule has 0 amide bonds. The molecule has 0 spiro atoms. The van der Waals surface area contributed by atoms with Crippen LogP contribution in [0.1, 0.15) is 0 Å². The molecule has 5 heteroatoms. The van der Waals surface area contributed by atoms with Crippen molar-refractivity contribution >= 4 is 27.3 Å². The predicted molar refractivity (Wildman–Crippen MR) is 58.4 cm³/mol. The number of hydrogen-bond donors (Lipinski definition) is 1. The van der Waals surface area contributed by atoms with Crippen LogP contribution in [0.3, 0.4) is 0 Å². The molecule has 14 heavy (non-hydrogen) atoms. The van der Waals surface area contributed by atoms with Gasteiger partial charge in [-0.2, -0.15) is 5.10 Å². The predicted octanol–water partition coefficient (Wildman–Crippen LogP) is 2.32. The number of aryl methyl sites for hydroxylation is 1. The van der Waals surface area contributed by atoms with Crippen LogP contribution < -0.4 is 5.32 Å². The van der Waals surface area contributed by atoms with E-state index in [9.17, 15) is 0 Å². The summed E-state index contributed by atoms with van der Waals surface area (Å²) in [7, 11) is 1.88. The molecule has 0 unspecified atom stereocenters. The highest BCUT2D eigenvalue weighted by molar-refractivity contribution is 9.10. The molecule has 0 aliphatic rings. The van der Waals surface area contributed by atoms with Crippen molar-refractivity contribution in [2.24, 2.45) is 7.05 Å². The first kappa shape index (κ1) is 9.21. The van der Waals surface area contributed by atoms with Gasteiger partial charge in [0, 0.05) is 23.9 Å². The molecule has 0 radical (unpaired) electrons. The van der Waals surface area contributed by atoms with E-state index in [2.05, 4.69) is 31.3 Å². The normalized spacial score (nSPS) is 10.1. The summed E-state index contributed by atoms with van der Waals surface area (Å²) in [6, 6.07) is 1.96. The van der Waals surface area contributed by atoms with Crippen LogP contribution in [-0.2, 0) is 7.05 Å². The van der Waals surface area contributed by atoms with Crippen molar-refractivity contribution in [2.75, 3.05) is 5.32 Å². The molecular formula is C9H9BrN4. The van der Waals surface area contributed by atoms with Gasteiger partial charge in [-0.3, -0.25) is 9.67 Å². The first-order valence-corrected chi connectivity index (χ1v) is 4.89. The van der Waals surface area contributed by atoms with Gasteiger partial charge in [0.25, 0.3) is 0 Å². The van der Waals surface area contributed by atoms with Crippen LogP contribution in [0.25, 0.3) is 0 Å². The highest BCUT2D eigenvalue weighted by Crippen LogP contribution is 2.18. The van der Waals surface area contributed by atoms with Gasteiger partial charge in [-0.15, -0.1) is 0 Å². The molecule has 0 aliphatic carbocycles. The van der Waals surface area contributed by atoms with Gasteiger partial charge in [0.1, 0.15) is 0 Å². The van der Waals surface area contributed by atoms with Gasteiger partial charge in [-0.05, 0) is 22.0 Å². The summed E-state index contributed by atoms with van der Waals surface area (Å²) in [5.41, 5.74) is 1.89. The van der Waals surface area contributed by atoms with E-state index in [4.69, 9.17) is 0 Å². The van der Waals surface area contributed by atoms with E-state index in [1.54, 1.807) is 23.3 Å². The summed E-state index contributed by atoms with van der Waals surface area (Å²) in [5, 5.41) is 7.25. The Morgan fingerprint density at radius 1 is 1.29 bits per heavy atom. The Balaban J connectivity index is 2.18. The molecule has 0 atom stereocenters. The molecule has 2 rings (SSSR count). The van der Waals surface area contributed by atoms with Crippen LogP contribution in [-0.4, -0.2) is 14.8 Å². The van der Waals surface area contributed by atoms with E-state index in [0.717, 1.165) is 15.8 Å². The van der Waals surface area contributed by atoms with Crippen molar-refractivity contribution < 1.29 is 0 Å². The molecule has 0 bridgehead atoms. The lowest BCUT2D eigenvalue weighted by Crippen LogP contribution is -1.89. The molecule has 2 aromatic rings. The van der Waals surface area contributed by atoms with Crippen LogP contribution >= 0.6 is 15.9 Å². The fraction of sp³-hybridized carbons (Fsp3) is 0.111. The summed E-state index contributed by atoms with van der Waals surface area (Å²) >= 11 is 3.36. The maximum Gasteiger partial charge on any atom is 0.0770 e. The second kappa shape index (κ2) is 3.79. The number of nitrogens with one attached hydrogen (secondary N) is 1. The molecule has 0 aromatic carbocycles. The van der Waals surface area contributed by atoms with Crippen molar-refractivity contribution in [3.05, 3.63) is 35.3 Å². The van der Waals surface area contributed by atoms with E-state index in [1.165, 1.54) is 0 Å². The fourth-order valence-electron chi connectivity index (χ4n) is 1.13. The zero-order valence-electron chi connectivity index (χ0n) is 7.61. The highest BCUT2D eigenvalue weighted by atomic mass is 79.9. The molecule has 0 aliphatic heterocycles. The number of rotatable bonds is 2. The third-order valence-corrected chi connectivity index (χ3v) is 2.13. The van der Waals surface area contributed by atoms with Crippen molar-refractivity contribution in [2.45, 2.75) is 0 Å². The van der Waals surface area contributed by atoms with Crippen molar-refractivity contribution in [3.8, 4) is 0 Å². The summed E-state index contributed by atoms with van der Waals surface area (Å²) in [6.07, 6.45) is 7.17. The molecule has 0 saturated carbocycles.